The first-order valence-electron chi connectivity index (χ1n) is 12.6. The number of fused-ring (bicyclic) bond motifs is 1. The molecule has 0 saturated carbocycles. The van der Waals surface area contributed by atoms with Gasteiger partial charge in [-0.15, -0.1) is 11.3 Å². The van der Waals surface area contributed by atoms with Crippen molar-refractivity contribution in [2.75, 3.05) is 31.9 Å². The standard InChI is InChI=1S/C24H38N4O6S3/c1-17(2)13-28(37(33,34)20-8-9-21-23(12-20)35-16-25-21)14-22(29)19(4)26-24(30)18(3)15-36(31,32)27-10-6-5-7-11-27/h8-9,12,16-19,22,29H,5-7,10-11,13-15H2,1-4H3,(H,26,30)/t18-,19+,22-/m1/s1. The van der Waals surface area contributed by atoms with Crippen molar-refractivity contribution in [1.29, 1.82) is 0 Å². The summed E-state index contributed by atoms with van der Waals surface area (Å²) in [6, 6.07) is 3.96. The second kappa shape index (κ2) is 12.5. The van der Waals surface area contributed by atoms with Crippen molar-refractivity contribution < 1.29 is 26.7 Å². The summed E-state index contributed by atoms with van der Waals surface area (Å²) >= 11 is 1.35. The summed E-state index contributed by atoms with van der Waals surface area (Å²) in [4.78, 5) is 17.1. The van der Waals surface area contributed by atoms with Crippen molar-refractivity contribution in [3.05, 3.63) is 23.7 Å². The Bertz CT molecular complexity index is 1270. The maximum Gasteiger partial charge on any atom is 0.243 e. The molecule has 0 aliphatic carbocycles. The Hall–Kier alpha value is -1.64. The van der Waals surface area contributed by atoms with Crippen molar-refractivity contribution >= 4 is 47.5 Å². The number of carbonyl (C=O) groups is 1. The average molecular weight is 575 g/mol. The van der Waals surface area contributed by atoms with Gasteiger partial charge in [-0.2, -0.15) is 4.31 Å². The van der Waals surface area contributed by atoms with Crippen LogP contribution in [-0.4, -0.2) is 85.5 Å². The van der Waals surface area contributed by atoms with Gasteiger partial charge in [0, 0.05) is 26.2 Å². The molecule has 0 bridgehead atoms. The fourth-order valence-electron chi connectivity index (χ4n) is 4.29. The number of piperidine rings is 1. The molecule has 1 aliphatic heterocycles. The zero-order valence-electron chi connectivity index (χ0n) is 21.8. The van der Waals surface area contributed by atoms with Crippen molar-refractivity contribution in [2.45, 2.75) is 64.0 Å². The smallest absolute Gasteiger partial charge is 0.243 e. The number of benzene rings is 1. The molecule has 37 heavy (non-hydrogen) atoms. The van der Waals surface area contributed by atoms with Gasteiger partial charge in [0.2, 0.25) is 26.0 Å². The number of sulfonamides is 2. The molecular formula is C24H38N4O6S3. The van der Waals surface area contributed by atoms with E-state index in [1.54, 1.807) is 31.5 Å². The predicted molar refractivity (Wildman–Crippen MR) is 145 cm³/mol. The van der Waals surface area contributed by atoms with E-state index in [2.05, 4.69) is 10.3 Å². The van der Waals surface area contributed by atoms with E-state index in [0.29, 0.717) is 18.6 Å². The summed E-state index contributed by atoms with van der Waals surface area (Å²) in [6.07, 6.45) is 1.43. The second-order valence-corrected chi connectivity index (χ2v) is 15.0. The van der Waals surface area contributed by atoms with E-state index in [-0.39, 0.29) is 29.7 Å². The van der Waals surface area contributed by atoms with Gasteiger partial charge in [0.05, 0.1) is 44.4 Å². The van der Waals surface area contributed by atoms with Crippen LogP contribution in [0.2, 0.25) is 0 Å². The highest BCUT2D eigenvalue weighted by Crippen LogP contribution is 2.25. The van der Waals surface area contributed by atoms with Gasteiger partial charge in [-0.25, -0.2) is 26.1 Å². The average Bonchev–Trinajstić information content (AvgIpc) is 3.31. The maximum atomic E-state index is 13.5. The monoisotopic (exact) mass is 574 g/mol. The highest BCUT2D eigenvalue weighted by molar-refractivity contribution is 7.89. The molecule has 208 valence electrons. The SMILES string of the molecule is CC(C)CN(C[C@@H](O)[C@H](C)NC(=O)[C@H](C)CS(=O)(=O)N1CCCCC1)S(=O)(=O)c1ccc2ncsc2c1. The van der Waals surface area contributed by atoms with Crippen LogP contribution in [0.25, 0.3) is 10.2 Å². The summed E-state index contributed by atoms with van der Waals surface area (Å²) in [7, 11) is -7.48. The third kappa shape index (κ3) is 7.70. The molecule has 1 saturated heterocycles. The van der Waals surface area contributed by atoms with Crippen LogP contribution in [0.3, 0.4) is 0 Å². The molecule has 2 N–H and O–H groups in total. The Morgan fingerprint density at radius 3 is 2.43 bits per heavy atom. The lowest BCUT2D eigenvalue weighted by Gasteiger charge is -2.30. The van der Waals surface area contributed by atoms with E-state index in [9.17, 15) is 26.7 Å². The normalized spacial score (nSPS) is 18.2. The molecule has 2 heterocycles. The van der Waals surface area contributed by atoms with Crippen LogP contribution >= 0.6 is 11.3 Å². The van der Waals surface area contributed by atoms with Crippen molar-refractivity contribution in [3.8, 4) is 0 Å². The zero-order valence-corrected chi connectivity index (χ0v) is 24.3. The molecule has 13 heteroatoms. The number of aliphatic hydroxyl groups is 1. The van der Waals surface area contributed by atoms with Gasteiger partial charge in [-0.1, -0.05) is 27.2 Å². The lowest BCUT2D eigenvalue weighted by molar-refractivity contribution is -0.125. The molecular weight excluding hydrogens is 536 g/mol. The Morgan fingerprint density at radius 2 is 1.78 bits per heavy atom. The van der Waals surface area contributed by atoms with Crippen LogP contribution in [0.5, 0.6) is 0 Å². The topological polar surface area (TPSA) is 137 Å². The number of nitrogens with one attached hydrogen (secondary N) is 1. The molecule has 0 unspecified atom stereocenters. The quantitative estimate of drug-likeness (QED) is 0.397. The number of aliphatic hydroxyl groups excluding tert-OH is 1. The first-order valence-corrected chi connectivity index (χ1v) is 16.5. The Balaban J connectivity index is 1.66. The summed E-state index contributed by atoms with van der Waals surface area (Å²) in [5, 5.41) is 13.5. The van der Waals surface area contributed by atoms with Crippen LogP contribution in [0, 0.1) is 11.8 Å². The van der Waals surface area contributed by atoms with Crippen molar-refractivity contribution in [3.63, 3.8) is 0 Å². The second-order valence-electron chi connectivity index (χ2n) is 10.2. The van der Waals surface area contributed by atoms with E-state index in [1.807, 2.05) is 13.8 Å². The predicted octanol–water partition coefficient (Wildman–Crippen LogP) is 2.26. The highest BCUT2D eigenvalue weighted by atomic mass is 32.2. The van der Waals surface area contributed by atoms with Gasteiger partial charge in [-0.3, -0.25) is 4.79 Å². The van der Waals surface area contributed by atoms with Gasteiger partial charge in [0.1, 0.15) is 0 Å². The number of amides is 1. The van der Waals surface area contributed by atoms with E-state index in [1.165, 1.54) is 26.0 Å². The summed E-state index contributed by atoms with van der Waals surface area (Å²) in [6.45, 7) is 7.81. The van der Waals surface area contributed by atoms with Crippen molar-refractivity contribution in [1.82, 2.24) is 18.9 Å². The number of rotatable bonds is 12. The third-order valence-corrected chi connectivity index (χ3v) is 11.2. The first kappa shape index (κ1) is 29.9. The Labute approximate surface area is 224 Å². The minimum atomic E-state index is -3.92. The lowest BCUT2D eigenvalue weighted by atomic mass is 10.1. The molecule has 1 aromatic carbocycles. The molecule has 1 amide bonds. The van der Waals surface area contributed by atoms with Crippen LogP contribution in [0.1, 0.15) is 47.0 Å². The molecule has 1 aromatic heterocycles. The molecule has 1 aliphatic rings. The van der Waals surface area contributed by atoms with Crippen LogP contribution in [0.4, 0.5) is 0 Å². The number of thiazole rings is 1. The summed E-state index contributed by atoms with van der Waals surface area (Å²) in [5.41, 5.74) is 2.37. The molecule has 1 fully saturated rings. The Kier molecular flexibility index (Phi) is 10.1. The number of carbonyl (C=O) groups excluding carboxylic acids is 1. The van der Waals surface area contributed by atoms with Gasteiger partial charge in [0.15, 0.2) is 0 Å². The molecule has 3 rings (SSSR count). The minimum absolute atomic E-state index is 0.000904. The maximum absolute atomic E-state index is 13.5. The summed E-state index contributed by atoms with van der Waals surface area (Å²) < 4.78 is 55.8. The fraction of sp³-hybridized carbons (Fsp3) is 0.667. The highest BCUT2D eigenvalue weighted by Gasteiger charge is 2.32. The zero-order chi connectivity index (χ0) is 27.4. The third-order valence-electron chi connectivity index (χ3n) is 6.46. The van der Waals surface area contributed by atoms with Crippen LogP contribution in [-0.2, 0) is 24.8 Å². The van der Waals surface area contributed by atoms with E-state index < -0.39 is 44.0 Å². The fourth-order valence-corrected chi connectivity index (χ4v) is 8.54. The molecule has 0 radical (unpaired) electrons. The minimum Gasteiger partial charge on any atom is -0.390 e. The molecule has 0 spiro atoms. The number of hydrogen-bond acceptors (Lipinski definition) is 8. The first-order chi connectivity index (χ1) is 17.3. The van der Waals surface area contributed by atoms with Gasteiger partial charge < -0.3 is 10.4 Å². The molecule has 2 aromatic rings. The van der Waals surface area contributed by atoms with E-state index in [0.717, 1.165) is 24.0 Å². The number of aromatic nitrogens is 1. The Morgan fingerprint density at radius 1 is 1.11 bits per heavy atom. The van der Waals surface area contributed by atoms with E-state index in [4.69, 9.17) is 0 Å². The number of nitrogens with zero attached hydrogens (tertiary/aromatic N) is 3. The molecule has 10 nitrogen and oxygen atoms in total. The lowest BCUT2D eigenvalue weighted by Crippen LogP contribution is -2.50. The number of hydrogen-bond donors (Lipinski definition) is 2. The van der Waals surface area contributed by atoms with Crippen LogP contribution < -0.4 is 5.32 Å². The largest absolute Gasteiger partial charge is 0.390 e. The van der Waals surface area contributed by atoms with Gasteiger partial charge in [-0.05, 0) is 43.9 Å². The van der Waals surface area contributed by atoms with Crippen molar-refractivity contribution in [2.24, 2.45) is 11.8 Å². The van der Waals surface area contributed by atoms with Gasteiger partial charge in [0.25, 0.3) is 0 Å². The molecule has 3 atom stereocenters. The van der Waals surface area contributed by atoms with Crippen LogP contribution in [0.15, 0.2) is 28.6 Å². The van der Waals surface area contributed by atoms with Gasteiger partial charge >= 0.3 is 0 Å². The van der Waals surface area contributed by atoms with E-state index >= 15 is 0 Å². The summed E-state index contributed by atoms with van der Waals surface area (Å²) in [5.74, 6) is -1.63.